The maximum atomic E-state index is 12.0. The highest BCUT2D eigenvalue weighted by molar-refractivity contribution is 7.90. The van der Waals surface area contributed by atoms with Crippen LogP contribution in [0.15, 0.2) is 51.0 Å². The summed E-state index contributed by atoms with van der Waals surface area (Å²) in [6.45, 7) is 0. The average molecular weight is 419 g/mol. The van der Waals surface area contributed by atoms with Crippen molar-refractivity contribution < 1.29 is 8.42 Å². The molecule has 0 saturated heterocycles. The van der Waals surface area contributed by atoms with E-state index in [2.05, 4.69) is 20.2 Å². The minimum Gasteiger partial charge on any atom is -0.313 e. The first-order chi connectivity index (χ1) is 13.2. The van der Waals surface area contributed by atoms with Gasteiger partial charge in [0.2, 0.25) is 0 Å². The molecule has 0 bridgehead atoms. The Morgan fingerprint density at radius 1 is 1.11 bits per heavy atom. The van der Waals surface area contributed by atoms with Crippen LogP contribution in [0.1, 0.15) is 29.4 Å². The van der Waals surface area contributed by atoms with Crippen molar-refractivity contribution in [3.05, 3.63) is 73.6 Å². The van der Waals surface area contributed by atoms with Gasteiger partial charge in [-0.25, -0.2) is 13.2 Å². The summed E-state index contributed by atoms with van der Waals surface area (Å²) in [5.41, 5.74) is 1.11. The molecule has 2 atom stereocenters. The molecule has 4 rings (SSSR count). The fourth-order valence-corrected chi connectivity index (χ4v) is 4.12. The summed E-state index contributed by atoms with van der Waals surface area (Å²) in [7, 11) is -3.24. The second-order valence-corrected chi connectivity index (χ2v) is 9.12. The molecule has 0 radical (unpaired) electrons. The third-order valence-corrected chi connectivity index (χ3v) is 6.22. The van der Waals surface area contributed by atoms with Gasteiger partial charge in [0, 0.05) is 12.5 Å². The van der Waals surface area contributed by atoms with Crippen molar-refractivity contribution in [2.75, 3.05) is 6.26 Å². The monoisotopic (exact) mass is 418 g/mol. The van der Waals surface area contributed by atoms with Gasteiger partial charge in [0.15, 0.2) is 15.0 Å². The number of benzene rings is 1. The van der Waals surface area contributed by atoms with Crippen LogP contribution in [0.25, 0.3) is 11.3 Å². The lowest BCUT2D eigenvalue weighted by Crippen LogP contribution is -2.23. The van der Waals surface area contributed by atoms with E-state index >= 15 is 0 Å². The zero-order valence-electron chi connectivity index (χ0n) is 14.6. The molecule has 1 saturated carbocycles. The number of halogens is 1. The third kappa shape index (κ3) is 3.50. The van der Waals surface area contributed by atoms with E-state index < -0.39 is 21.1 Å². The molecule has 28 heavy (non-hydrogen) atoms. The summed E-state index contributed by atoms with van der Waals surface area (Å²) < 4.78 is 23.2. The van der Waals surface area contributed by atoms with Crippen LogP contribution in [0.3, 0.4) is 0 Å². The zero-order chi connectivity index (χ0) is 20.1. The Kier molecular flexibility index (Phi) is 4.43. The summed E-state index contributed by atoms with van der Waals surface area (Å²) in [4.78, 5) is 28.0. The number of sulfone groups is 1. The number of hydrogen-bond acceptors (Lipinski definition) is 6. The van der Waals surface area contributed by atoms with Gasteiger partial charge in [0.25, 0.3) is 5.56 Å². The van der Waals surface area contributed by atoms with Crippen LogP contribution in [-0.2, 0) is 9.84 Å². The highest BCUT2D eigenvalue weighted by atomic mass is 35.5. The van der Waals surface area contributed by atoms with Crippen molar-refractivity contribution in [3.63, 3.8) is 0 Å². The van der Waals surface area contributed by atoms with Crippen molar-refractivity contribution in [3.8, 4) is 11.3 Å². The van der Waals surface area contributed by atoms with E-state index in [1.165, 1.54) is 12.5 Å². The predicted octanol–water partition coefficient (Wildman–Crippen LogP) is 1.85. The van der Waals surface area contributed by atoms with Gasteiger partial charge >= 0.3 is 5.69 Å². The molecule has 8 nitrogen and oxygen atoms in total. The molecule has 1 aliphatic carbocycles. The number of nitrogens with zero attached hydrogens (tertiary/aromatic N) is 2. The van der Waals surface area contributed by atoms with Crippen molar-refractivity contribution in [2.45, 2.75) is 23.2 Å². The Balaban J connectivity index is 1.64. The zero-order valence-corrected chi connectivity index (χ0v) is 16.2. The first-order valence-electron chi connectivity index (χ1n) is 8.39. The Hall–Kier alpha value is -2.78. The van der Waals surface area contributed by atoms with Gasteiger partial charge < -0.3 is 4.98 Å². The largest absolute Gasteiger partial charge is 0.325 e. The first-order valence-corrected chi connectivity index (χ1v) is 10.7. The number of aromatic nitrogens is 4. The van der Waals surface area contributed by atoms with E-state index in [0.717, 1.165) is 17.5 Å². The van der Waals surface area contributed by atoms with Crippen molar-refractivity contribution in [2.24, 2.45) is 0 Å². The molecule has 0 amide bonds. The fraction of sp³-hybridized carbons (Fsp3) is 0.222. The second kappa shape index (κ2) is 6.68. The molecule has 1 aromatic carbocycles. The molecule has 3 aromatic rings. The Morgan fingerprint density at radius 3 is 2.46 bits per heavy atom. The second-order valence-electron chi connectivity index (χ2n) is 6.75. The van der Waals surface area contributed by atoms with Crippen LogP contribution in [0, 0.1) is 0 Å². The lowest BCUT2D eigenvalue weighted by Gasteiger charge is -2.06. The topological polar surface area (TPSA) is 126 Å². The first kappa shape index (κ1) is 18.6. The number of H-pyrrole nitrogens is 2. The molecule has 2 aromatic heterocycles. The van der Waals surface area contributed by atoms with Crippen molar-refractivity contribution in [1.29, 1.82) is 0 Å². The maximum Gasteiger partial charge on any atom is 0.325 e. The number of nitrogens with one attached hydrogen (secondary N) is 2. The maximum absolute atomic E-state index is 12.0. The Bertz CT molecular complexity index is 1280. The molecule has 0 spiro atoms. The van der Waals surface area contributed by atoms with E-state index in [1.54, 1.807) is 30.3 Å². The van der Waals surface area contributed by atoms with Gasteiger partial charge in [-0.05, 0) is 47.6 Å². The summed E-state index contributed by atoms with van der Waals surface area (Å²) in [6.07, 6.45) is 3.28. The smallest absolute Gasteiger partial charge is 0.313 e. The van der Waals surface area contributed by atoms with Crippen molar-refractivity contribution in [1.82, 2.24) is 20.2 Å². The molecule has 1 fully saturated rings. The van der Waals surface area contributed by atoms with Gasteiger partial charge in [-0.2, -0.15) is 0 Å². The molecule has 10 heteroatoms. The van der Waals surface area contributed by atoms with E-state index in [0.29, 0.717) is 5.69 Å². The third-order valence-electron chi connectivity index (χ3n) is 4.80. The number of aromatic amines is 2. The van der Waals surface area contributed by atoms with E-state index in [-0.39, 0.29) is 27.4 Å². The van der Waals surface area contributed by atoms with Crippen LogP contribution in [0.5, 0.6) is 0 Å². The molecule has 1 aliphatic rings. The van der Waals surface area contributed by atoms with Crippen LogP contribution >= 0.6 is 11.6 Å². The predicted molar refractivity (Wildman–Crippen MR) is 103 cm³/mol. The summed E-state index contributed by atoms with van der Waals surface area (Å²) in [5, 5.41) is 8.16. The minimum absolute atomic E-state index is 0.0904. The lowest BCUT2D eigenvalue weighted by molar-refractivity contribution is 0.602. The van der Waals surface area contributed by atoms with Crippen LogP contribution in [-0.4, -0.2) is 34.8 Å². The molecule has 0 aliphatic heterocycles. The number of rotatable bonds is 4. The Morgan fingerprint density at radius 2 is 1.82 bits per heavy atom. The summed E-state index contributed by atoms with van der Waals surface area (Å²) in [6, 6.07) is 8.50. The standard InChI is InChI=1S/C18H15ClN4O4S/c1-28(26,27)10-4-2-9(3-5-10)11-6-12(11)13-7-15(22-23-16(13)19)14-8-20-18(25)21-17(14)24/h2-5,7-8,11-12H,6H2,1H3,(H2,20,21,24,25)/t11-,12+/m1/s1. The molecule has 144 valence electrons. The Labute approximate surface area is 164 Å². The highest BCUT2D eigenvalue weighted by Crippen LogP contribution is 2.56. The van der Waals surface area contributed by atoms with Gasteiger partial charge in [0.05, 0.1) is 10.5 Å². The summed E-state index contributed by atoms with van der Waals surface area (Å²) in [5.74, 6) is 0.268. The van der Waals surface area contributed by atoms with Crippen LogP contribution in [0.4, 0.5) is 0 Å². The highest BCUT2D eigenvalue weighted by Gasteiger charge is 2.41. The minimum atomic E-state index is -3.24. The van der Waals surface area contributed by atoms with E-state index in [1.807, 2.05) is 0 Å². The van der Waals surface area contributed by atoms with E-state index in [9.17, 15) is 18.0 Å². The molecule has 0 unspecified atom stereocenters. The number of hydrogen-bond donors (Lipinski definition) is 2. The van der Waals surface area contributed by atoms with Gasteiger partial charge in [-0.1, -0.05) is 23.7 Å². The average Bonchev–Trinajstić information content (AvgIpc) is 3.42. The van der Waals surface area contributed by atoms with Gasteiger partial charge in [0.1, 0.15) is 5.69 Å². The van der Waals surface area contributed by atoms with Gasteiger partial charge in [-0.15, -0.1) is 10.2 Å². The van der Waals surface area contributed by atoms with Crippen LogP contribution < -0.4 is 11.2 Å². The fourth-order valence-electron chi connectivity index (χ4n) is 3.25. The van der Waals surface area contributed by atoms with Crippen molar-refractivity contribution >= 4 is 21.4 Å². The lowest BCUT2D eigenvalue weighted by atomic mass is 10.0. The quantitative estimate of drug-likeness (QED) is 0.665. The van der Waals surface area contributed by atoms with Crippen LogP contribution in [0.2, 0.25) is 5.15 Å². The summed E-state index contributed by atoms with van der Waals surface area (Å²) >= 11 is 6.22. The normalized spacial score (nSPS) is 18.8. The van der Waals surface area contributed by atoms with Gasteiger partial charge in [-0.3, -0.25) is 9.78 Å². The SMILES string of the molecule is CS(=O)(=O)c1ccc([C@H]2C[C@@H]2c2cc(-c3c[nH]c(=O)[nH]c3=O)nnc2Cl)cc1. The molecular weight excluding hydrogens is 404 g/mol. The van der Waals surface area contributed by atoms with E-state index in [4.69, 9.17) is 11.6 Å². The molecular formula is C18H15ClN4O4S. The molecule has 2 N–H and O–H groups in total. The molecule has 2 heterocycles.